The molecule has 17 heavy (non-hydrogen) atoms. The van der Waals surface area contributed by atoms with E-state index in [4.69, 9.17) is 4.74 Å². The second-order valence-electron chi connectivity index (χ2n) is 5.58. The molecule has 2 unspecified atom stereocenters. The molecule has 3 heteroatoms. The third-order valence-corrected chi connectivity index (χ3v) is 4.19. The van der Waals surface area contributed by atoms with Gasteiger partial charge in [0.15, 0.2) is 0 Å². The van der Waals surface area contributed by atoms with Gasteiger partial charge in [-0.15, -0.1) is 0 Å². The summed E-state index contributed by atoms with van der Waals surface area (Å²) in [6, 6.07) is 1.24. The van der Waals surface area contributed by atoms with Crippen LogP contribution in [0.3, 0.4) is 0 Å². The van der Waals surface area contributed by atoms with Crippen LogP contribution in [-0.4, -0.2) is 31.6 Å². The predicted molar refractivity (Wildman–Crippen MR) is 68.0 cm³/mol. The summed E-state index contributed by atoms with van der Waals surface area (Å²) in [6.07, 6.45) is 8.81. The van der Waals surface area contributed by atoms with Crippen LogP contribution in [0.4, 0.5) is 0 Å². The maximum atomic E-state index is 12.1. The Morgan fingerprint density at radius 2 is 1.94 bits per heavy atom. The Morgan fingerprint density at radius 3 is 2.59 bits per heavy atom. The molecule has 2 bridgehead atoms. The van der Waals surface area contributed by atoms with E-state index in [0.717, 1.165) is 38.7 Å². The van der Waals surface area contributed by atoms with E-state index in [2.05, 4.69) is 5.32 Å². The first-order chi connectivity index (χ1) is 8.29. The minimum absolute atomic E-state index is 0.342. The quantitative estimate of drug-likeness (QED) is 0.723. The van der Waals surface area contributed by atoms with Gasteiger partial charge in [0.05, 0.1) is 0 Å². The Morgan fingerprint density at radius 1 is 1.24 bits per heavy atom. The number of carbonyl (C=O) groups is 1. The van der Waals surface area contributed by atoms with Crippen molar-refractivity contribution in [3.8, 4) is 0 Å². The number of nitrogens with one attached hydrogen (secondary N) is 1. The van der Waals surface area contributed by atoms with Gasteiger partial charge in [-0.3, -0.25) is 4.79 Å². The lowest BCUT2D eigenvalue weighted by molar-refractivity contribution is -0.124. The first-order valence-corrected chi connectivity index (χ1v) is 7.07. The van der Waals surface area contributed by atoms with E-state index in [0.29, 0.717) is 23.8 Å². The van der Waals surface area contributed by atoms with Crippen molar-refractivity contribution in [2.75, 3.05) is 13.7 Å². The van der Waals surface area contributed by atoms with Crippen molar-refractivity contribution in [1.29, 1.82) is 0 Å². The average Bonchev–Trinajstić information content (AvgIpc) is 2.34. The minimum Gasteiger partial charge on any atom is -0.385 e. The number of fused-ring (bicyclic) bond motifs is 2. The molecule has 2 aliphatic heterocycles. The van der Waals surface area contributed by atoms with Crippen molar-refractivity contribution >= 4 is 5.78 Å². The van der Waals surface area contributed by atoms with E-state index in [1.54, 1.807) is 7.11 Å². The fraction of sp³-hybridized carbons (Fsp3) is 0.929. The first kappa shape index (κ1) is 13.0. The molecule has 2 rings (SSSR count). The molecule has 2 atom stereocenters. The van der Waals surface area contributed by atoms with E-state index in [9.17, 15) is 4.79 Å². The van der Waals surface area contributed by atoms with Crippen LogP contribution in [0, 0.1) is 5.92 Å². The molecule has 0 aliphatic carbocycles. The van der Waals surface area contributed by atoms with Crippen molar-refractivity contribution < 1.29 is 9.53 Å². The molecule has 0 aromatic rings. The third-order valence-electron chi connectivity index (χ3n) is 4.19. The monoisotopic (exact) mass is 239 g/mol. The zero-order chi connectivity index (χ0) is 12.1. The van der Waals surface area contributed by atoms with Gasteiger partial charge in [-0.05, 0) is 38.5 Å². The van der Waals surface area contributed by atoms with E-state index in [1.165, 1.54) is 19.3 Å². The van der Waals surface area contributed by atoms with Crippen molar-refractivity contribution in [2.24, 2.45) is 5.92 Å². The summed E-state index contributed by atoms with van der Waals surface area (Å²) >= 11 is 0. The molecule has 0 radical (unpaired) electrons. The highest BCUT2D eigenvalue weighted by molar-refractivity contribution is 5.81. The summed E-state index contributed by atoms with van der Waals surface area (Å²) in [5, 5.41) is 3.64. The van der Waals surface area contributed by atoms with Gasteiger partial charge in [-0.1, -0.05) is 6.42 Å². The van der Waals surface area contributed by atoms with Crippen LogP contribution in [-0.2, 0) is 9.53 Å². The molecular formula is C14H25NO2. The SMILES string of the molecule is COCCCCC(=O)C1CC2CCCC(C1)N2. The van der Waals surface area contributed by atoms with Crippen LogP contribution in [0.1, 0.15) is 51.4 Å². The number of ketones is 1. The van der Waals surface area contributed by atoms with Crippen molar-refractivity contribution in [2.45, 2.75) is 63.5 Å². The Balaban J connectivity index is 1.72. The van der Waals surface area contributed by atoms with Gasteiger partial charge in [0, 0.05) is 38.1 Å². The van der Waals surface area contributed by atoms with Crippen LogP contribution in [0.2, 0.25) is 0 Å². The highest BCUT2D eigenvalue weighted by Crippen LogP contribution is 2.31. The van der Waals surface area contributed by atoms with E-state index >= 15 is 0 Å². The number of hydrogen-bond acceptors (Lipinski definition) is 3. The van der Waals surface area contributed by atoms with Crippen LogP contribution < -0.4 is 5.32 Å². The number of piperidine rings is 2. The van der Waals surface area contributed by atoms with E-state index in [1.807, 2.05) is 0 Å². The van der Waals surface area contributed by atoms with Gasteiger partial charge < -0.3 is 10.1 Å². The standard InChI is InChI=1S/C14H25NO2/c1-17-8-3-2-7-14(16)11-9-12-5-4-6-13(10-11)15-12/h11-13,15H,2-10H2,1H3. The molecule has 0 aromatic carbocycles. The summed E-state index contributed by atoms with van der Waals surface area (Å²) in [5.41, 5.74) is 0. The van der Waals surface area contributed by atoms with Crippen LogP contribution >= 0.6 is 0 Å². The lowest BCUT2D eigenvalue weighted by Crippen LogP contribution is -2.50. The minimum atomic E-state index is 0.342. The second-order valence-corrected chi connectivity index (χ2v) is 5.58. The van der Waals surface area contributed by atoms with Crippen LogP contribution in [0.15, 0.2) is 0 Å². The third kappa shape index (κ3) is 3.78. The normalized spacial score (nSPS) is 32.4. The Labute approximate surface area is 104 Å². The van der Waals surface area contributed by atoms with Crippen LogP contribution in [0.5, 0.6) is 0 Å². The van der Waals surface area contributed by atoms with Gasteiger partial charge >= 0.3 is 0 Å². The second kappa shape index (κ2) is 6.50. The molecule has 1 N–H and O–H groups in total. The number of rotatable bonds is 6. The number of unbranched alkanes of at least 4 members (excludes halogenated alkanes) is 1. The Kier molecular flexibility index (Phi) is 4.99. The highest BCUT2D eigenvalue weighted by Gasteiger charge is 2.33. The highest BCUT2D eigenvalue weighted by atomic mass is 16.5. The molecule has 2 aliphatic rings. The molecule has 98 valence electrons. The first-order valence-electron chi connectivity index (χ1n) is 7.07. The molecule has 0 spiro atoms. The van der Waals surface area contributed by atoms with Gasteiger partial charge in [-0.25, -0.2) is 0 Å². The van der Waals surface area contributed by atoms with Crippen LogP contribution in [0.25, 0.3) is 0 Å². The topological polar surface area (TPSA) is 38.3 Å². The number of hydrogen-bond donors (Lipinski definition) is 1. The molecule has 3 nitrogen and oxygen atoms in total. The summed E-state index contributed by atoms with van der Waals surface area (Å²) in [6.45, 7) is 0.782. The zero-order valence-corrected chi connectivity index (χ0v) is 10.9. The van der Waals surface area contributed by atoms with Gasteiger partial charge in [0.25, 0.3) is 0 Å². The predicted octanol–water partition coefficient (Wildman–Crippen LogP) is 2.29. The molecule has 0 amide bonds. The van der Waals surface area contributed by atoms with Crippen molar-refractivity contribution in [3.05, 3.63) is 0 Å². The maximum absolute atomic E-state index is 12.1. The van der Waals surface area contributed by atoms with Gasteiger partial charge in [-0.2, -0.15) is 0 Å². The summed E-state index contributed by atoms with van der Waals surface area (Å²) in [4.78, 5) is 12.1. The summed E-state index contributed by atoms with van der Waals surface area (Å²) in [5.74, 6) is 0.841. The van der Waals surface area contributed by atoms with E-state index < -0.39 is 0 Å². The van der Waals surface area contributed by atoms with Gasteiger partial charge in [0.2, 0.25) is 0 Å². The zero-order valence-electron chi connectivity index (χ0n) is 10.9. The fourth-order valence-electron chi connectivity index (χ4n) is 3.28. The summed E-state index contributed by atoms with van der Waals surface area (Å²) < 4.78 is 5.01. The lowest BCUT2D eigenvalue weighted by Gasteiger charge is -2.39. The molecule has 2 saturated heterocycles. The molecular weight excluding hydrogens is 214 g/mol. The maximum Gasteiger partial charge on any atom is 0.136 e. The summed E-state index contributed by atoms with van der Waals surface area (Å²) in [7, 11) is 1.72. The molecule has 0 aromatic heterocycles. The number of Topliss-reactive ketones (excluding diaryl/α,β-unsaturated/α-hetero) is 1. The van der Waals surface area contributed by atoms with Crippen molar-refractivity contribution in [3.63, 3.8) is 0 Å². The average molecular weight is 239 g/mol. The number of ether oxygens (including phenoxy) is 1. The molecule has 2 fully saturated rings. The molecule has 2 heterocycles. The largest absolute Gasteiger partial charge is 0.385 e. The van der Waals surface area contributed by atoms with E-state index in [-0.39, 0.29) is 0 Å². The smallest absolute Gasteiger partial charge is 0.136 e. The number of carbonyl (C=O) groups excluding carboxylic acids is 1. The lowest BCUT2D eigenvalue weighted by atomic mass is 9.78. The fourth-order valence-corrected chi connectivity index (χ4v) is 3.28. The van der Waals surface area contributed by atoms with Crippen molar-refractivity contribution in [1.82, 2.24) is 5.32 Å². The van der Waals surface area contributed by atoms with Gasteiger partial charge in [0.1, 0.15) is 5.78 Å². The molecule has 0 saturated carbocycles. The Hall–Kier alpha value is -0.410. The Bertz CT molecular complexity index is 243. The number of methoxy groups -OCH3 is 1.